The second kappa shape index (κ2) is 9.56. The molecule has 0 atom stereocenters. The molecule has 0 aliphatic heterocycles. The van der Waals surface area contributed by atoms with Gasteiger partial charge in [0.15, 0.2) is 0 Å². The van der Waals surface area contributed by atoms with Crippen molar-refractivity contribution in [1.29, 1.82) is 0 Å². The van der Waals surface area contributed by atoms with Gasteiger partial charge in [-0.05, 0) is 42.0 Å². The number of carbonyl (C=O) groups is 1. The Morgan fingerprint density at radius 1 is 0.933 bits per heavy atom. The molecule has 1 amide bonds. The van der Waals surface area contributed by atoms with Crippen molar-refractivity contribution in [3.63, 3.8) is 0 Å². The molecule has 0 saturated carbocycles. The van der Waals surface area contributed by atoms with E-state index < -0.39 is 10.0 Å². The van der Waals surface area contributed by atoms with E-state index in [1.54, 1.807) is 80.8 Å². The smallest absolute Gasteiger partial charge is 0.255 e. The van der Waals surface area contributed by atoms with Crippen LogP contribution in [-0.2, 0) is 16.6 Å². The molecule has 0 heterocycles. The first-order valence-corrected chi connectivity index (χ1v) is 11.0. The number of hydrogen-bond acceptors (Lipinski definition) is 4. The first-order chi connectivity index (χ1) is 14.5. The third-order valence-electron chi connectivity index (χ3n) is 4.66. The summed E-state index contributed by atoms with van der Waals surface area (Å²) in [7, 11) is -2.04. The number of para-hydroxylation sites is 2. The molecule has 3 rings (SSSR count). The second-order valence-electron chi connectivity index (χ2n) is 6.60. The standard InChI is InChI=1S/C23H24N2O4S/c1-3-25(30(27,28)20-9-5-4-6-10-20)17-18-13-15-19(16-14-18)23(26)24-21-11-7-8-12-22(21)29-2/h4-16H,3,17H2,1-2H3,(H,24,26). The average Bonchev–Trinajstić information content (AvgIpc) is 2.78. The first-order valence-electron chi connectivity index (χ1n) is 9.54. The summed E-state index contributed by atoms with van der Waals surface area (Å²) in [4.78, 5) is 12.8. The number of benzene rings is 3. The van der Waals surface area contributed by atoms with Crippen molar-refractivity contribution >= 4 is 21.6 Å². The van der Waals surface area contributed by atoms with Crippen LogP contribution in [0, 0.1) is 0 Å². The number of hydrogen-bond donors (Lipinski definition) is 1. The van der Waals surface area contributed by atoms with Crippen LogP contribution in [0.2, 0.25) is 0 Å². The first kappa shape index (κ1) is 21.5. The maximum Gasteiger partial charge on any atom is 0.255 e. The second-order valence-corrected chi connectivity index (χ2v) is 8.53. The molecule has 30 heavy (non-hydrogen) atoms. The van der Waals surface area contributed by atoms with Gasteiger partial charge in [0, 0.05) is 18.7 Å². The Bertz CT molecular complexity index is 1100. The summed E-state index contributed by atoms with van der Waals surface area (Å²) >= 11 is 0. The lowest BCUT2D eigenvalue weighted by molar-refractivity contribution is 0.102. The molecule has 0 radical (unpaired) electrons. The topological polar surface area (TPSA) is 75.7 Å². The highest BCUT2D eigenvalue weighted by Crippen LogP contribution is 2.24. The number of nitrogens with one attached hydrogen (secondary N) is 1. The predicted molar refractivity (Wildman–Crippen MR) is 117 cm³/mol. The van der Waals surface area contributed by atoms with Gasteiger partial charge < -0.3 is 10.1 Å². The molecule has 0 aromatic heterocycles. The predicted octanol–water partition coefficient (Wildman–Crippen LogP) is 4.16. The molecule has 0 bridgehead atoms. The van der Waals surface area contributed by atoms with Gasteiger partial charge in [0.2, 0.25) is 10.0 Å². The molecule has 3 aromatic rings. The average molecular weight is 425 g/mol. The summed E-state index contributed by atoms with van der Waals surface area (Å²) in [5, 5.41) is 2.82. The van der Waals surface area contributed by atoms with Gasteiger partial charge in [-0.1, -0.05) is 49.4 Å². The molecule has 0 unspecified atom stereocenters. The minimum Gasteiger partial charge on any atom is -0.495 e. The van der Waals surface area contributed by atoms with Gasteiger partial charge in [-0.3, -0.25) is 4.79 Å². The lowest BCUT2D eigenvalue weighted by Crippen LogP contribution is -2.30. The normalized spacial score (nSPS) is 11.3. The molecule has 156 valence electrons. The number of methoxy groups -OCH3 is 1. The zero-order valence-corrected chi connectivity index (χ0v) is 17.7. The number of rotatable bonds is 8. The molecule has 0 spiro atoms. The van der Waals surface area contributed by atoms with E-state index >= 15 is 0 Å². The number of nitrogens with zero attached hydrogens (tertiary/aromatic N) is 1. The summed E-state index contributed by atoms with van der Waals surface area (Å²) in [6.07, 6.45) is 0. The van der Waals surface area contributed by atoms with Gasteiger partial charge in [0.25, 0.3) is 5.91 Å². The minimum atomic E-state index is -3.58. The highest BCUT2D eigenvalue weighted by molar-refractivity contribution is 7.89. The fourth-order valence-corrected chi connectivity index (χ4v) is 4.47. The Morgan fingerprint density at radius 2 is 1.57 bits per heavy atom. The number of anilines is 1. The van der Waals surface area contributed by atoms with Crippen LogP contribution < -0.4 is 10.1 Å². The molecule has 7 heteroatoms. The number of carbonyl (C=O) groups excluding carboxylic acids is 1. The quantitative estimate of drug-likeness (QED) is 0.589. The number of amides is 1. The minimum absolute atomic E-state index is 0.224. The Balaban J connectivity index is 1.72. The molecule has 0 aliphatic carbocycles. The van der Waals surface area contributed by atoms with Crippen molar-refractivity contribution in [2.75, 3.05) is 19.0 Å². The summed E-state index contributed by atoms with van der Waals surface area (Å²) < 4.78 is 32.4. The van der Waals surface area contributed by atoms with Crippen LogP contribution >= 0.6 is 0 Å². The van der Waals surface area contributed by atoms with Crippen molar-refractivity contribution in [1.82, 2.24) is 4.31 Å². The Labute approximate surface area is 177 Å². The monoisotopic (exact) mass is 424 g/mol. The third kappa shape index (κ3) is 4.87. The molecule has 3 aromatic carbocycles. The van der Waals surface area contributed by atoms with E-state index in [-0.39, 0.29) is 17.3 Å². The van der Waals surface area contributed by atoms with Gasteiger partial charge >= 0.3 is 0 Å². The lowest BCUT2D eigenvalue weighted by atomic mass is 10.1. The Kier molecular flexibility index (Phi) is 6.87. The van der Waals surface area contributed by atoms with E-state index in [1.807, 2.05) is 12.1 Å². The van der Waals surface area contributed by atoms with Crippen molar-refractivity contribution in [3.05, 3.63) is 90.0 Å². The zero-order chi connectivity index (χ0) is 21.6. The van der Waals surface area contributed by atoms with E-state index in [2.05, 4.69) is 5.32 Å². The van der Waals surface area contributed by atoms with E-state index in [4.69, 9.17) is 4.74 Å². The summed E-state index contributed by atoms with van der Waals surface area (Å²) in [6.45, 7) is 2.37. The third-order valence-corrected chi connectivity index (χ3v) is 6.60. The van der Waals surface area contributed by atoms with Gasteiger partial charge in [0.05, 0.1) is 17.7 Å². The van der Waals surface area contributed by atoms with Crippen molar-refractivity contribution in [3.8, 4) is 5.75 Å². The summed E-state index contributed by atoms with van der Waals surface area (Å²) in [6, 6.07) is 22.4. The van der Waals surface area contributed by atoms with Crippen LogP contribution in [0.4, 0.5) is 5.69 Å². The lowest BCUT2D eigenvalue weighted by Gasteiger charge is -2.20. The van der Waals surface area contributed by atoms with Crippen LogP contribution in [-0.4, -0.2) is 32.3 Å². The van der Waals surface area contributed by atoms with Crippen LogP contribution in [0.1, 0.15) is 22.8 Å². The number of ether oxygens (including phenoxy) is 1. The Hall–Kier alpha value is -3.16. The van der Waals surface area contributed by atoms with Crippen LogP contribution in [0.15, 0.2) is 83.8 Å². The largest absolute Gasteiger partial charge is 0.495 e. The van der Waals surface area contributed by atoms with Crippen molar-refractivity contribution in [2.24, 2.45) is 0 Å². The highest BCUT2D eigenvalue weighted by atomic mass is 32.2. The van der Waals surface area contributed by atoms with Crippen molar-refractivity contribution in [2.45, 2.75) is 18.4 Å². The molecule has 0 fully saturated rings. The summed E-state index contributed by atoms with van der Waals surface area (Å²) in [5.74, 6) is 0.308. The van der Waals surface area contributed by atoms with Gasteiger partial charge in [0.1, 0.15) is 5.75 Å². The van der Waals surface area contributed by atoms with Gasteiger partial charge in [-0.2, -0.15) is 4.31 Å². The molecular formula is C23H24N2O4S. The van der Waals surface area contributed by atoms with E-state index in [0.29, 0.717) is 23.5 Å². The molecular weight excluding hydrogens is 400 g/mol. The van der Waals surface area contributed by atoms with Crippen LogP contribution in [0.25, 0.3) is 0 Å². The van der Waals surface area contributed by atoms with Crippen LogP contribution in [0.3, 0.4) is 0 Å². The van der Waals surface area contributed by atoms with E-state index in [1.165, 1.54) is 4.31 Å². The van der Waals surface area contributed by atoms with E-state index in [9.17, 15) is 13.2 Å². The fraction of sp³-hybridized carbons (Fsp3) is 0.174. The van der Waals surface area contributed by atoms with Gasteiger partial charge in [-0.15, -0.1) is 0 Å². The zero-order valence-electron chi connectivity index (χ0n) is 16.9. The number of sulfonamides is 1. The highest BCUT2D eigenvalue weighted by Gasteiger charge is 2.23. The molecule has 0 aliphatic rings. The van der Waals surface area contributed by atoms with Crippen LogP contribution in [0.5, 0.6) is 5.75 Å². The molecule has 1 N–H and O–H groups in total. The van der Waals surface area contributed by atoms with Gasteiger partial charge in [-0.25, -0.2) is 8.42 Å². The SMILES string of the molecule is CCN(Cc1ccc(C(=O)Nc2ccccc2OC)cc1)S(=O)(=O)c1ccccc1. The summed E-state index contributed by atoms with van der Waals surface area (Å²) in [5.41, 5.74) is 1.85. The maximum atomic E-state index is 12.9. The maximum absolute atomic E-state index is 12.9. The molecule has 0 saturated heterocycles. The fourth-order valence-electron chi connectivity index (χ4n) is 3.02. The van der Waals surface area contributed by atoms with Crippen molar-refractivity contribution < 1.29 is 17.9 Å². The van der Waals surface area contributed by atoms with E-state index in [0.717, 1.165) is 5.56 Å². The molecule has 6 nitrogen and oxygen atoms in total. The Morgan fingerprint density at radius 3 is 2.20 bits per heavy atom.